The molecule has 1 aliphatic heterocycles. The van der Waals surface area contributed by atoms with E-state index in [1.54, 1.807) is 18.2 Å². The smallest absolute Gasteiger partial charge is 0.251 e. The number of carbonyl (C=O) groups excluding carboxylic acids is 2. The third kappa shape index (κ3) is 5.15. The minimum Gasteiger partial charge on any atom is -0.351 e. The minimum absolute atomic E-state index is 0.0701. The third-order valence-corrected chi connectivity index (χ3v) is 7.98. The van der Waals surface area contributed by atoms with Crippen LogP contribution in [0.3, 0.4) is 0 Å². The Labute approximate surface area is 202 Å². The topological polar surface area (TPSA) is 92.5 Å². The summed E-state index contributed by atoms with van der Waals surface area (Å²) < 4.78 is 11.5. The predicted molar refractivity (Wildman–Crippen MR) is 130 cm³/mol. The Kier molecular flexibility index (Phi) is 6.67. The number of halogens is 1. The van der Waals surface area contributed by atoms with Gasteiger partial charge in [0.05, 0.1) is 10.3 Å². The first-order chi connectivity index (χ1) is 15.6. The summed E-state index contributed by atoms with van der Waals surface area (Å²) in [4.78, 5) is 28.5. The van der Waals surface area contributed by atoms with Crippen molar-refractivity contribution in [3.05, 3.63) is 64.7 Å². The molecule has 176 valence electrons. The minimum atomic E-state index is -1.65. The molecule has 4 rings (SSSR count). The first kappa shape index (κ1) is 23.9. The zero-order valence-electron chi connectivity index (χ0n) is 19.0. The number of likely N-dealkylation sites (tertiary alicyclic amines) is 1. The molecule has 0 radical (unpaired) electrons. The lowest BCUT2D eigenvalue weighted by Gasteiger charge is -2.45. The van der Waals surface area contributed by atoms with Crippen LogP contribution in [0.15, 0.2) is 53.4 Å². The lowest BCUT2D eigenvalue weighted by atomic mass is 9.70. The van der Waals surface area contributed by atoms with E-state index in [9.17, 15) is 13.8 Å². The number of piperidine rings is 1. The van der Waals surface area contributed by atoms with Crippen LogP contribution in [0, 0.1) is 10.8 Å². The van der Waals surface area contributed by atoms with Crippen molar-refractivity contribution in [3.63, 3.8) is 0 Å². The predicted octanol–water partition coefficient (Wildman–Crippen LogP) is 3.87. The summed E-state index contributed by atoms with van der Waals surface area (Å²) in [6.07, 6.45) is 2.44. The molecule has 1 saturated carbocycles. The Morgan fingerprint density at radius 3 is 2.48 bits per heavy atom. The maximum atomic E-state index is 13.5. The van der Waals surface area contributed by atoms with Crippen LogP contribution in [0.1, 0.15) is 54.9 Å². The molecule has 1 aliphatic carbocycles. The van der Waals surface area contributed by atoms with Gasteiger partial charge in [0.2, 0.25) is 5.91 Å². The van der Waals surface area contributed by atoms with Gasteiger partial charge in [0.25, 0.3) is 5.91 Å². The second-order valence-electron chi connectivity index (χ2n) is 9.90. The molecule has 2 atom stereocenters. The van der Waals surface area contributed by atoms with Gasteiger partial charge in [0.1, 0.15) is 11.0 Å². The van der Waals surface area contributed by atoms with Crippen molar-refractivity contribution in [2.75, 3.05) is 19.6 Å². The van der Waals surface area contributed by atoms with E-state index >= 15 is 0 Å². The van der Waals surface area contributed by atoms with Crippen LogP contribution in [0.5, 0.6) is 0 Å². The number of nitrogens with one attached hydrogen (secondary N) is 1. The van der Waals surface area contributed by atoms with E-state index in [0.29, 0.717) is 36.0 Å². The second kappa shape index (κ2) is 9.20. The van der Waals surface area contributed by atoms with E-state index in [1.165, 1.54) is 11.6 Å². The lowest BCUT2D eigenvalue weighted by Crippen LogP contribution is -2.51. The second-order valence-corrected chi connectivity index (χ2v) is 11.4. The van der Waals surface area contributed by atoms with E-state index in [1.807, 2.05) is 17.0 Å². The summed E-state index contributed by atoms with van der Waals surface area (Å²) in [7, 11) is -1.65. The van der Waals surface area contributed by atoms with Gasteiger partial charge in [-0.25, -0.2) is 9.35 Å². The number of hydrogen-bond donors (Lipinski definition) is 2. The van der Waals surface area contributed by atoms with Crippen LogP contribution in [0.2, 0.25) is 5.02 Å². The highest BCUT2D eigenvalue weighted by atomic mass is 35.5. The maximum absolute atomic E-state index is 13.5. The third-order valence-electron chi connectivity index (χ3n) is 7.01. The highest BCUT2D eigenvalue weighted by molar-refractivity contribution is 7.82. The van der Waals surface area contributed by atoms with Crippen LogP contribution in [0.25, 0.3) is 0 Å². The van der Waals surface area contributed by atoms with Gasteiger partial charge in [-0.15, -0.1) is 0 Å². The molecule has 1 saturated heterocycles. The lowest BCUT2D eigenvalue weighted by molar-refractivity contribution is -0.140. The van der Waals surface area contributed by atoms with Gasteiger partial charge < -0.3 is 10.2 Å². The fourth-order valence-corrected chi connectivity index (χ4v) is 5.49. The van der Waals surface area contributed by atoms with Crippen LogP contribution < -0.4 is 10.5 Å². The van der Waals surface area contributed by atoms with Gasteiger partial charge in [0, 0.05) is 30.2 Å². The van der Waals surface area contributed by atoms with E-state index in [-0.39, 0.29) is 17.2 Å². The highest BCUT2D eigenvalue weighted by Gasteiger charge is 2.53. The average molecular weight is 488 g/mol. The van der Waals surface area contributed by atoms with Crippen molar-refractivity contribution in [2.24, 2.45) is 16.0 Å². The summed E-state index contributed by atoms with van der Waals surface area (Å²) in [6.45, 7) is 6.11. The van der Waals surface area contributed by atoms with E-state index in [2.05, 4.69) is 31.3 Å². The number of nitrogens with zero attached hydrogens (tertiary/aromatic N) is 1. The first-order valence-corrected chi connectivity index (χ1v) is 12.8. The molecule has 3 N–H and O–H groups in total. The number of carbonyl (C=O) groups is 2. The zero-order chi connectivity index (χ0) is 23.8. The molecule has 2 fully saturated rings. The van der Waals surface area contributed by atoms with Gasteiger partial charge in [-0.1, -0.05) is 43.6 Å². The highest BCUT2D eigenvalue weighted by Crippen LogP contribution is 2.49. The number of rotatable bonds is 6. The molecule has 2 amide bonds. The molecular formula is C25H30ClN3O3S. The molecule has 8 heteroatoms. The Morgan fingerprint density at radius 1 is 1.18 bits per heavy atom. The molecule has 2 aromatic carbocycles. The average Bonchev–Trinajstić information content (AvgIpc) is 3.58. The largest absolute Gasteiger partial charge is 0.351 e. The first-order valence-electron chi connectivity index (χ1n) is 11.2. The number of amides is 2. The number of benzene rings is 2. The van der Waals surface area contributed by atoms with Crippen molar-refractivity contribution >= 4 is 34.4 Å². The van der Waals surface area contributed by atoms with Crippen molar-refractivity contribution in [1.82, 2.24) is 10.2 Å². The summed E-state index contributed by atoms with van der Waals surface area (Å²) >= 11 is 6.05. The van der Waals surface area contributed by atoms with Gasteiger partial charge in [0.15, 0.2) is 0 Å². The molecule has 0 spiro atoms. The molecular weight excluding hydrogens is 458 g/mol. The standard InChI is InChI=1S/C25H30ClN3O3S/c1-24(2)16-29(13-10-21(24)17-6-8-19(26)9-7-17)23(31)25(11-12-25)15-28-22(30)18-4-3-5-20(14-18)33(27)32/h3-9,14,21H,10-13,15-16,27H2,1-2H3,(H,28,30). The van der Waals surface area contributed by atoms with Gasteiger partial charge in [-0.2, -0.15) is 0 Å². The van der Waals surface area contributed by atoms with Gasteiger partial charge in [-0.3, -0.25) is 9.59 Å². The number of hydrogen-bond acceptors (Lipinski definition) is 3. The molecule has 2 aromatic rings. The Morgan fingerprint density at radius 2 is 1.88 bits per heavy atom. The Bertz CT molecular complexity index is 1080. The maximum Gasteiger partial charge on any atom is 0.251 e. The van der Waals surface area contributed by atoms with E-state index in [4.69, 9.17) is 16.7 Å². The molecule has 0 bridgehead atoms. The summed E-state index contributed by atoms with van der Waals surface area (Å²) in [6, 6.07) is 14.5. The fourth-order valence-electron chi connectivity index (χ4n) is 4.91. The molecule has 2 aliphatic rings. The zero-order valence-corrected chi connectivity index (χ0v) is 20.5. The van der Waals surface area contributed by atoms with E-state index in [0.717, 1.165) is 24.3 Å². The van der Waals surface area contributed by atoms with Crippen molar-refractivity contribution in [3.8, 4) is 0 Å². The van der Waals surface area contributed by atoms with E-state index < -0.39 is 16.4 Å². The van der Waals surface area contributed by atoms with Crippen LogP contribution >= 0.6 is 11.6 Å². The van der Waals surface area contributed by atoms with Crippen LogP contribution in [-0.4, -0.2) is 40.6 Å². The summed E-state index contributed by atoms with van der Waals surface area (Å²) in [5, 5.41) is 9.05. The van der Waals surface area contributed by atoms with Gasteiger partial charge >= 0.3 is 0 Å². The van der Waals surface area contributed by atoms with Crippen molar-refractivity contribution in [2.45, 2.75) is 43.9 Å². The molecule has 2 unspecified atom stereocenters. The Hall–Kier alpha value is -2.22. The SMILES string of the molecule is CC1(C)CN(C(=O)C2(CNC(=O)c3cccc(S(N)=O)c3)CC2)CCC1c1ccc(Cl)cc1. The van der Waals surface area contributed by atoms with Crippen LogP contribution in [0.4, 0.5) is 0 Å². The normalized spacial score (nSPS) is 21.8. The molecule has 1 heterocycles. The Balaban J connectivity index is 1.39. The summed E-state index contributed by atoms with van der Waals surface area (Å²) in [5.74, 6) is 0.194. The van der Waals surface area contributed by atoms with Crippen molar-refractivity contribution < 1.29 is 13.8 Å². The van der Waals surface area contributed by atoms with Crippen molar-refractivity contribution in [1.29, 1.82) is 0 Å². The molecule has 6 nitrogen and oxygen atoms in total. The number of nitrogens with two attached hydrogens (primary N) is 1. The summed E-state index contributed by atoms with van der Waals surface area (Å²) in [5.41, 5.74) is 1.05. The quantitative estimate of drug-likeness (QED) is 0.647. The van der Waals surface area contributed by atoms with Crippen LogP contribution in [-0.2, 0) is 15.8 Å². The van der Waals surface area contributed by atoms with Gasteiger partial charge in [-0.05, 0) is 66.5 Å². The monoisotopic (exact) mass is 487 g/mol. The molecule has 33 heavy (non-hydrogen) atoms. The molecule has 0 aromatic heterocycles. The fraction of sp³-hybridized carbons (Fsp3) is 0.440.